The number of pyridine rings is 1. The van der Waals surface area contributed by atoms with Gasteiger partial charge in [0.1, 0.15) is 17.4 Å². The molecular weight excluding hydrogens is 413 g/mol. The molecule has 1 saturated heterocycles. The monoisotopic (exact) mass is 432 g/mol. The van der Waals surface area contributed by atoms with Crippen LogP contribution in [0.15, 0.2) is 47.4 Å². The lowest BCUT2D eigenvalue weighted by atomic mass is 10.2. The minimum absolute atomic E-state index is 0.272. The van der Waals surface area contributed by atoms with Crippen LogP contribution < -0.4 is 10.5 Å². The van der Waals surface area contributed by atoms with E-state index in [9.17, 15) is 22.8 Å². The summed E-state index contributed by atoms with van der Waals surface area (Å²) in [5, 5.41) is 8.30. The van der Waals surface area contributed by atoms with Crippen LogP contribution in [0, 0.1) is 0 Å². The van der Waals surface area contributed by atoms with Crippen LogP contribution in [0.25, 0.3) is 10.9 Å². The predicted molar refractivity (Wildman–Crippen MR) is 107 cm³/mol. The summed E-state index contributed by atoms with van der Waals surface area (Å²) >= 11 is 0. The summed E-state index contributed by atoms with van der Waals surface area (Å²) in [7, 11) is 0. The Bertz CT molecular complexity index is 1150. The first kappa shape index (κ1) is 20.8. The number of alkyl halides is 3. The molecule has 8 nitrogen and oxygen atoms in total. The van der Waals surface area contributed by atoms with E-state index in [0.717, 1.165) is 16.9 Å². The third-order valence-electron chi connectivity index (χ3n) is 5.31. The second-order valence-corrected chi connectivity index (χ2v) is 7.25. The summed E-state index contributed by atoms with van der Waals surface area (Å²) < 4.78 is 39.2. The summed E-state index contributed by atoms with van der Waals surface area (Å²) in [6.07, 6.45) is -3.63. The number of piperazine rings is 1. The molecule has 2 aromatic heterocycles. The largest absolute Gasteiger partial charge is 0.417 e. The topological polar surface area (TPSA) is 84.2 Å². The fourth-order valence-corrected chi connectivity index (χ4v) is 3.52. The molecule has 1 amide bonds. The average Bonchev–Trinajstić information content (AvgIpc) is 2.78. The molecule has 1 fully saturated rings. The van der Waals surface area contributed by atoms with Gasteiger partial charge in [-0.25, -0.2) is 4.98 Å². The molecule has 0 saturated carbocycles. The first-order valence-electron chi connectivity index (χ1n) is 9.67. The Morgan fingerprint density at radius 1 is 1.06 bits per heavy atom. The summed E-state index contributed by atoms with van der Waals surface area (Å²) in [5.41, 5.74) is -0.735. The molecule has 1 aromatic carbocycles. The van der Waals surface area contributed by atoms with Gasteiger partial charge < -0.3 is 9.80 Å². The van der Waals surface area contributed by atoms with Crippen LogP contribution in [0.3, 0.4) is 0 Å². The molecule has 3 heterocycles. The number of aromatic nitrogens is 4. The van der Waals surface area contributed by atoms with Gasteiger partial charge in [0.2, 0.25) is 5.91 Å². The number of nitrogens with zero attached hydrogens (tertiary/aromatic N) is 6. The van der Waals surface area contributed by atoms with Crippen molar-refractivity contribution in [2.24, 2.45) is 0 Å². The number of carbonyl (C=O) groups is 1. The lowest BCUT2D eigenvalue weighted by Crippen LogP contribution is -2.51. The van der Waals surface area contributed by atoms with Gasteiger partial charge in [-0.2, -0.15) is 17.9 Å². The van der Waals surface area contributed by atoms with Crippen LogP contribution in [-0.4, -0.2) is 57.0 Å². The molecule has 1 aliphatic heterocycles. The van der Waals surface area contributed by atoms with Gasteiger partial charge >= 0.3 is 6.18 Å². The number of anilines is 1. The van der Waals surface area contributed by atoms with E-state index in [1.54, 1.807) is 36.1 Å². The van der Waals surface area contributed by atoms with Gasteiger partial charge in [0.15, 0.2) is 0 Å². The number of rotatable bonds is 3. The van der Waals surface area contributed by atoms with Crippen molar-refractivity contribution in [3.63, 3.8) is 0 Å². The molecule has 0 bridgehead atoms. The minimum atomic E-state index is -4.43. The third-order valence-corrected chi connectivity index (χ3v) is 5.31. The molecule has 0 N–H and O–H groups in total. The van der Waals surface area contributed by atoms with E-state index in [-0.39, 0.29) is 11.5 Å². The molecule has 0 unspecified atom stereocenters. The zero-order valence-electron chi connectivity index (χ0n) is 16.6. The molecule has 11 heteroatoms. The Hall–Kier alpha value is -3.50. The van der Waals surface area contributed by atoms with Crippen molar-refractivity contribution in [1.82, 2.24) is 24.9 Å². The number of carbonyl (C=O) groups excluding carboxylic acids is 1. The summed E-state index contributed by atoms with van der Waals surface area (Å²) in [6.45, 7) is 3.12. The van der Waals surface area contributed by atoms with Crippen molar-refractivity contribution in [3.05, 3.63) is 58.5 Å². The highest BCUT2D eigenvalue weighted by Crippen LogP contribution is 2.29. The average molecular weight is 432 g/mol. The van der Waals surface area contributed by atoms with E-state index >= 15 is 0 Å². The van der Waals surface area contributed by atoms with Crippen molar-refractivity contribution < 1.29 is 18.0 Å². The zero-order chi connectivity index (χ0) is 22.2. The predicted octanol–water partition coefficient (Wildman–Crippen LogP) is 2.12. The maximum Gasteiger partial charge on any atom is 0.417 e. The summed E-state index contributed by atoms with van der Waals surface area (Å²) in [5.74, 6) is 0.150. The number of hydrogen-bond acceptors (Lipinski definition) is 6. The normalized spacial score (nSPS) is 15.9. The van der Waals surface area contributed by atoms with Crippen molar-refractivity contribution in [3.8, 4) is 0 Å². The SMILES string of the molecule is C[C@H](C(=O)N1CCN(c2ccc(C(F)(F)F)cn2)CC1)n1nnc2ccccc2c1=O. The molecule has 4 rings (SSSR count). The molecule has 0 spiro atoms. The summed E-state index contributed by atoms with van der Waals surface area (Å²) in [4.78, 5) is 32.9. The second kappa shape index (κ2) is 7.97. The molecule has 162 valence electrons. The highest BCUT2D eigenvalue weighted by molar-refractivity contribution is 5.81. The Kier molecular flexibility index (Phi) is 5.34. The zero-order valence-corrected chi connectivity index (χ0v) is 16.6. The minimum Gasteiger partial charge on any atom is -0.353 e. The molecule has 0 aliphatic carbocycles. The molecule has 1 aliphatic rings. The van der Waals surface area contributed by atoms with E-state index in [1.165, 1.54) is 6.07 Å². The first-order chi connectivity index (χ1) is 14.8. The van der Waals surface area contributed by atoms with Crippen LogP contribution in [0.1, 0.15) is 18.5 Å². The Balaban J connectivity index is 1.43. The van der Waals surface area contributed by atoms with E-state index in [1.807, 2.05) is 4.90 Å². The number of amides is 1. The van der Waals surface area contributed by atoms with Gasteiger partial charge in [0, 0.05) is 32.4 Å². The van der Waals surface area contributed by atoms with Crippen molar-refractivity contribution in [1.29, 1.82) is 0 Å². The fraction of sp³-hybridized carbons (Fsp3) is 0.350. The van der Waals surface area contributed by atoms with Crippen LogP contribution in [0.5, 0.6) is 0 Å². The maximum atomic E-state index is 12.9. The fourth-order valence-electron chi connectivity index (χ4n) is 3.52. The van der Waals surface area contributed by atoms with Gasteiger partial charge in [0.25, 0.3) is 5.56 Å². The lowest BCUT2D eigenvalue weighted by Gasteiger charge is -2.36. The number of hydrogen-bond donors (Lipinski definition) is 0. The van der Waals surface area contributed by atoms with Crippen LogP contribution >= 0.6 is 0 Å². The maximum absolute atomic E-state index is 12.9. The van der Waals surface area contributed by atoms with Gasteiger partial charge in [0.05, 0.1) is 10.9 Å². The number of fused-ring (bicyclic) bond motifs is 1. The van der Waals surface area contributed by atoms with E-state index in [2.05, 4.69) is 15.3 Å². The van der Waals surface area contributed by atoms with E-state index in [4.69, 9.17) is 0 Å². The van der Waals surface area contributed by atoms with Crippen molar-refractivity contribution in [2.45, 2.75) is 19.1 Å². The van der Waals surface area contributed by atoms with Crippen molar-refractivity contribution in [2.75, 3.05) is 31.1 Å². The second-order valence-electron chi connectivity index (χ2n) is 7.25. The Morgan fingerprint density at radius 3 is 2.42 bits per heavy atom. The quantitative estimate of drug-likeness (QED) is 0.631. The summed E-state index contributed by atoms with van der Waals surface area (Å²) in [6, 6.07) is 8.27. The van der Waals surface area contributed by atoms with Crippen LogP contribution in [0.4, 0.5) is 19.0 Å². The van der Waals surface area contributed by atoms with Gasteiger partial charge in [-0.15, -0.1) is 5.10 Å². The molecular formula is C20H19F3N6O2. The smallest absolute Gasteiger partial charge is 0.353 e. The van der Waals surface area contributed by atoms with E-state index in [0.29, 0.717) is 42.9 Å². The van der Waals surface area contributed by atoms with Gasteiger partial charge in [-0.3, -0.25) is 9.59 Å². The first-order valence-corrected chi connectivity index (χ1v) is 9.67. The Morgan fingerprint density at radius 2 is 1.77 bits per heavy atom. The van der Waals surface area contributed by atoms with Gasteiger partial charge in [-0.05, 0) is 31.2 Å². The van der Waals surface area contributed by atoms with Crippen LogP contribution in [-0.2, 0) is 11.0 Å². The van der Waals surface area contributed by atoms with E-state index < -0.39 is 17.8 Å². The molecule has 3 aromatic rings. The highest BCUT2D eigenvalue weighted by atomic mass is 19.4. The van der Waals surface area contributed by atoms with Crippen LogP contribution in [0.2, 0.25) is 0 Å². The Labute approximate surface area is 174 Å². The molecule has 0 radical (unpaired) electrons. The third kappa shape index (κ3) is 4.07. The van der Waals surface area contributed by atoms with Gasteiger partial charge in [-0.1, -0.05) is 17.3 Å². The standard InChI is InChI=1S/C20H19F3N6O2/c1-13(29-19(31)15-4-2-3-5-16(15)25-26-29)18(30)28-10-8-27(9-11-28)17-7-6-14(12-24-17)20(21,22)23/h2-7,12-13H,8-11H2,1H3/t13-/m1/s1. The lowest BCUT2D eigenvalue weighted by molar-refractivity contribution is -0.138. The highest BCUT2D eigenvalue weighted by Gasteiger charge is 2.32. The van der Waals surface area contributed by atoms with Crippen molar-refractivity contribution >= 4 is 22.6 Å². The molecule has 1 atom stereocenters. The number of halogens is 3. The molecule has 31 heavy (non-hydrogen) atoms. The number of benzene rings is 1.